The van der Waals surface area contributed by atoms with Gasteiger partial charge in [0.25, 0.3) is 0 Å². The minimum absolute atomic E-state index is 0.135. The number of hydrogen-bond donors (Lipinski definition) is 2. The molecule has 5 heteroatoms. The van der Waals surface area contributed by atoms with Crippen LogP contribution in [0, 0.1) is 5.92 Å². The molecule has 0 aromatic rings. The third-order valence-corrected chi connectivity index (χ3v) is 4.99. The number of hydrogen-bond acceptors (Lipinski definition) is 3. The molecule has 1 saturated heterocycles. The second kappa shape index (κ2) is 10.2. The molecule has 2 N–H and O–H groups in total. The summed E-state index contributed by atoms with van der Waals surface area (Å²) in [4.78, 5) is 7.42. The van der Waals surface area contributed by atoms with E-state index in [1.807, 2.05) is 0 Å². The molecule has 0 amide bonds. The van der Waals surface area contributed by atoms with Crippen molar-refractivity contribution in [2.24, 2.45) is 10.9 Å². The largest absolute Gasteiger partial charge is 0.381 e. The van der Waals surface area contributed by atoms with Crippen LogP contribution in [0.25, 0.3) is 0 Å². The van der Waals surface area contributed by atoms with Crippen molar-refractivity contribution in [2.75, 3.05) is 45.9 Å². The van der Waals surface area contributed by atoms with Crippen molar-refractivity contribution in [3.05, 3.63) is 0 Å². The van der Waals surface area contributed by atoms with Crippen molar-refractivity contribution in [3.8, 4) is 0 Å². The minimum Gasteiger partial charge on any atom is -0.381 e. The summed E-state index contributed by atoms with van der Waals surface area (Å²) in [7, 11) is 0. The fraction of sp³-hybridized carbons (Fsp3) is 0.947. The van der Waals surface area contributed by atoms with E-state index in [0.29, 0.717) is 0 Å². The van der Waals surface area contributed by atoms with Crippen LogP contribution in [-0.2, 0) is 4.74 Å². The van der Waals surface area contributed by atoms with Gasteiger partial charge in [-0.05, 0) is 71.9 Å². The fourth-order valence-corrected chi connectivity index (χ4v) is 3.13. The molecule has 0 unspecified atom stereocenters. The zero-order valence-corrected chi connectivity index (χ0v) is 16.1. The zero-order chi connectivity index (χ0) is 17.3. The normalized spacial score (nSPS) is 20.2. The van der Waals surface area contributed by atoms with E-state index in [2.05, 4.69) is 36.3 Å². The maximum absolute atomic E-state index is 5.69. The first-order valence-electron chi connectivity index (χ1n) is 9.97. The van der Waals surface area contributed by atoms with Crippen molar-refractivity contribution < 1.29 is 4.74 Å². The number of nitrogens with zero attached hydrogens (tertiary/aromatic N) is 2. The number of rotatable bonds is 10. The Morgan fingerprint density at radius 1 is 1.17 bits per heavy atom. The Bertz CT molecular complexity index is 374. The molecule has 1 saturated carbocycles. The highest BCUT2D eigenvalue weighted by Gasteiger charge is 2.27. The van der Waals surface area contributed by atoms with Gasteiger partial charge in [-0.15, -0.1) is 0 Å². The van der Waals surface area contributed by atoms with E-state index in [1.54, 1.807) is 0 Å². The Morgan fingerprint density at radius 2 is 1.92 bits per heavy atom. The second-order valence-corrected chi connectivity index (χ2v) is 7.85. The number of aliphatic imine (C=N–C) groups is 1. The van der Waals surface area contributed by atoms with E-state index >= 15 is 0 Å². The lowest BCUT2D eigenvalue weighted by Crippen LogP contribution is -2.49. The van der Waals surface area contributed by atoms with Crippen LogP contribution in [0.1, 0.15) is 59.3 Å². The van der Waals surface area contributed by atoms with Crippen molar-refractivity contribution in [1.29, 1.82) is 0 Å². The molecule has 2 aliphatic rings. The molecule has 0 atom stereocenters. The highest BCUT2D eigenvalue weighted by Crippen LogP contribution is 2.28. The first-order valence-corrected chi connectivity index (χ1v) is 9.97. The number of piperidine rings is 1. The van der Waals surface area contributed by atoms with Crippen molar-refractivity contribution in [1.82, 2.24) is 15.5 Å². The smallest absolute Gasteiger partial charge is 0.191 e. The van der Waals surface area contributed by atoms with Gasteiger partial charge in [0.2, 0.25) is 0 Å². The lowest BCUT2D eigenvalue weighted by atomic mass is 9.99. The van der Waals surface area contributed by atoms with Gasteiger partial charge in [0.15, 0.2) is 5.96 Å². The number of guanidine groups is 1. The van der Waals surface area contributed by atoms with Crippen molar-refractivity contribution in [3.63, 3.8) is 0 Å². The van der Waals surface area contributed by atoms with Crippen LogP contribution >= 0.6 is 0 Å². The predicted molar refractivity (Wildman–Crippen MR) is 102 cm³/mol. The molecule has 1 aliphatic carbocycles. The van der Waals surface area contributed by atoms with Crippen LogP contribution < -0.4 is 10.6 Å². The summed E-state index contributed by atoms with van der Waals surface area (Å²) in [5.41, 5.74) is 0.135. The summed E-state index contributed by atoms with van der Waals surface area (Å²) in [6.07, 6.45) is 7.79. The molecule has 0 spiro atoms. The van der Waals surface area contributed by atoms with Gasteiger partial charge in [-0.25, -0.2) is 0 Å². The number of likely N-dealkylation sites (tertiary alicyclic amines) is 1. The van der Waals surface area contributed by atoms with Crippen LogP contribution in [0.2, 0.25) is 0 Å². The molecule has 5 nitrogen and oxygen atoms in total. The van der Waals surface area contributed by atoms with Gasteiger partial charge < -0.3 is 15.4 Å². The zero-order valence-electron chi connectivity index (χ0n) is 16.1. The molecule has 24 heavy (non-hydrogen) atoms. The number of nitrogens with one attached hydrogen (secondary N) is 2. The van der Waals surface area contributed by atoms with Gasteiger partial charge in [-0.1, -0.05) is 6.42 Å². The Balaban J connectivity index is 1.67. The maximum atomic E-state index is 5.69. The summed E-state index contributed by atoms with van der Waals surface area (Å²) in [5, 5.41) is 6.80. The second-order valence-electron chi connectivity index (χ2n) is 7.85. The minimum atomic E-state index is 0.135. The van der Waals surface area contributed by atoms with E-state index < -0.39 is 0 Å². The molecule has 2 rings (SSSR count). The molecular weight excluding hydrogens is 300 g/mol. The first-order chi connectivity index (χ1) is 11.6. The van der Waals surface area contributed by atoms with Gasteiger partial charge in [-0.2, -0.15) is 0 Å². The average Bonchev–Trinajstić information content (AvgIpc) is 3.41. The third kappa shape index (κ3) is 7.39. The molecule has 0 radical (unpaired) electrons. The third-order valence-electron chi connectivity index (χ3n) is 4.99. The van der Waals surface area contributed by atoms with Crippen LogP contribution in [0.4, 0.5) is 0 Å². The molecule has 0 bridgehead atoms. The molecule has 0 aromatic carbocycles. The highest BCUT2D eigenvalue weighted by molar-refractivity contribution is 5.79. The SMILES string of the molecule is CCNC(=NCC(C)(C)N1CCCCC1)NCCCOCC1CC1. The predicted octanol–water partition coefficient (Wildman–Crippen LogP) is 2.62. The molecule has 140 valence electrons. The first kappa shape index (κ1) is 19.5. The van der Waals surface area contributed by atoms with Gasteiger partial charge in [-0.3, -0.25) is 9.89 Å². The highest BCUT2D eigenvalue weighted by atomic mass is 16.5. The Morgan fingerprint density at radius 3 is 2.58 bits per heavy atom. The van der Waals surface area contributed by atoms with Crippen LogP contribution in [0.3, 0.4) is 0 Å². The van der Waals surface area contributed by atoms with Gasteiger partial charge >= 0.3 is 0 Å². The lowest BCUT2D eigenvalue weighted by Gasteiger charge is -2.40. The molecule has 2 fully saturated rings. The van der Waals surface area contributed by atoms with E-state index in [-0.39, 0.29) is 5.54 Å². The van der Waals surface area contributed by atoms with Crippen LogP contribution in [0.15, 0.2) is 4.99 Å². The summed E-state index contributed by atoms with van der Waals surface area (Å²) in [6, 6.07) is 0. The topological polar surface area (TPSA) is 48.9 Å². The van der Waals surface area contributed by atoms with Crippen LogP contribution in [0.5, 0.6) is 0 Å². The van der Waals surface area contributed by atoms with Gasteiger partial charge in [0, 0.05) is 31.8 Å². The van der Waals surface area contributed by atoms with E-state index in [0.717, 1.165) is 51.1 Å². The van der Waals surface area contributed by atoms with Gasteiger partial charge in [0.1, 0.15) is 0 Å². The molecular formula is C19H38N4O. The Hall–Kier alpha value is -0.810. The lowest BCUT2D eigenvalue weighted by molar-refractivity contribution is 0.102. The van der Waals surface area contributed by atoms with Crippen molar-refractivity contribution in [2.45, 2.75) is 64.8 Å². The average molecular weight is 339 g/mol. The Labute approximate surface area is 148 Å². The summed E-state index contributed by atoms with van der Waals surface area (Å²) in [6.45, 7) is 13.6. The summed E-state index contributed by atoms with van der Waals surface area (Å²) in [5.74, 6) is 1.79. The summed E-state index contributed by atoms with van der Waals surface area (Å²) < 4.78 is 5.69. The van der Waals surface area contributed by atoms with E-state index in [4.69, 9.17) is 9.73 Å². The van der Waals surface area contributed by atoms with E-state index in [9.17, 15) is 0 Å². The van der Waals surface area contributed by atoms with Crippen LogP contribution in [-0.4, -0.2) is 62.3 Å². The van der Waals surface area contributed by atoms with Crippen molar-refractivity contribution >= 4 is 5.96 Å². The number of ether oxygens (including phenoxy) is 1. The van der Waals surface area contributed by atoms with E-state index in [1.165, 1.54) is 45.2 Å². The monoisotopic (exact) mass is 338 g/mol. The Kier molecular flexibility index (Phi) is 8.33. The maximum Gasteiger partial charge on any atom is 0.191 e. The standard InChI is InChI=1S/C19H38N4O/c1-4-20-18(21-11-8-14-24-15-17-9-10-17)22-16-19(2,3)23-12-6-5-7-13-23/h17H,4-16H2,1-3H3,(H2,20,21,22). The summed E-state index contributed by atoms with van der Waals surface area (Å²) >= 11 is 0. The fourth-order valence-electron chi connectivity index (χ4n) is 3.13. The molecule has 0 aromatic heterocycles. The molecule has 1 aliphatic heterocycles. The molecule has 1 heterocycles. The quantitative estimate of drug-likeness (QED) is 0.365. The van der Waals surface area contributed by atoms with Gasteiger partial charge in [0.05, 0.1) is 6.54 Å².